The molecule has 7 heteroatoms. The first-order valence-electron chi connectivity index (χ1n) is 7.88. The highest BCUT2D eigenvalue weighted by atomic mass is 16.6. The summed E-state index contributed by atoms with van der Waals surface area (Å²) in [6.45, 7) is 7.71. The van der Waals surface area contributed by atoms with Crippen molar-refractivity contribution in [3.63, 3.8) is 0 Å². The van der Waals surface area contributed by atoms with Gasteiger partial charge in [0.2, 0.25) is 0 Å². The molecule has 1 aliphatic rings. The number of likely N-dealkylation sites (tertiary alicyclic amines) is 1. The van der Waals surface area contributed by atoms with Crippen molar-refractivity contribution in [3.8, 4) is 0 Å². The minimum absolute atomic E-state index is 0.247. The van der Waals surface area contributed by atoms with E-state index in [9.17, 15) is 9.59 Å². The lowest BCUT2D eigenvalue weighted by Gasteiger charge is -2.33. The SMILES string of the molecule is COC(=O)c1ccn(CC2CCN(C(=O)OC(C)(C)C)CC2)n1. The number of hydrogen-bond donors (Lipinski definition) is 0. The van der Waals surface area contributed by atoms with Gasteiger partial charge in [0.15, 0.2) is 5.69 Å². The smallest absolute Gasteiger partial charge is 0.410 e. The highest BCUT2D eigenvalue weighted by Crippen LogP contribution is 2.21. The molecule has 1 fully saturated rings. The van der Waals surface area contributed by atoms with Crippen molar-refractivity contribution in [3.05, 3.63) is 18.0 Å². The quantitative estimate of drug-likeness (QED) is 0.798. The number of aromatic nitrogens is 2. The van der Waals surface area contributed by atoms with E-state index in [1.54, 1.807) is 21.8 Å². The van der Waals surface area contributed by atoms with E-state index in [-0.39, 0.29) is 6.09 Å². The Labute approximate surface area is 136 Å². The highest BCUT2D eigenvalue weighted by molar-refractivity contribution is 5.86. The Bertz CT molecular complexity index is 554. The largest absolute Gasteiger partial charge is 0.464 e. The Morgan fingerprint density at radius 2 is 1.96 bits per heavy atom. The van der Waals surface area contributed by atoms with Crippen molar-refractivity contribution in [2.75, 3.05) is 20.2 Å². The number of nitrogens with zero attached hydrogens (tertiary/aromatic N) is 3. The van der Waals surface area contributed by atoms with E-state index < -0.39 is 11.6 Å². The van der Waals surface area contributed by atoms with E-state index in [0.29, 0.717) is 24.7 Å². The molecule has 0 atom stereocenters. The Hall–Kier alpha value is -2.05. The standard InChI is InChI=1S/C16H25N3O4/c1-16(2,3)23-15(21)18-8-5-12(6-9-18)11-19-10-7-13(17-19)14(20)22-4/h7,10,12H,5-6,8-9,11H2,1-4H3. The van der Waals surface area contributed by atoms with Gasteiger partial charge in [-0.25, -0.2) is 9.59 Å². The van der Waals surface area contributed by atoms with Gasteiger partial charge in [-0.3, -0.25) is 4.68 Å². The van der Waals surface area contributed by atoms with E-state index in [1.165, 1.54) is 7.11 Å². The van der Waals surface area contributed by atoms with Gasteiger partial charge < -0.3 is 14.4 Å². The zero-order valence-electron chi connectivity index (χ0n) is 14.2. The molecule has 0 unspecified atom stereocenters. The van der Waals surface area contributed by atoms with E-state index in [0.717, 1.165) is 19.4 Å². The molecule has 0 saturated carbocycles. The molecule has 1 aliphatic heterocycles. The van der Waals surface area contributed by atoms with E-state index in [2.05, 4.69) is 9.84 Å². The normalized spacial score (nSPS) is 16.3. The van der Waals surface area contributed by atoms with Gasteiger partial charge in [0, 0.05) is 25.8 Å². The van der Waals surface area contributed by atoms with Crippen LogP contribution in [0.3, 0.4) is 0 Å². The summed E-state index contributed by atoms with van der Waals surface area (Å²) in [4.78, 5) is 25.2. The maximum absolute atomic E-state index is 12.0. The number of methoxy groups -OCH3 is 1. The molecule has 23 heavy (non-hydrogen) atoms. The first kappa shape index (κ1) is 17.3. The average molecular weight is 323 g/mol. The molecule has 7 nitrogen and oxygen atoms in total. The third-order valence-electron chi connectivity index (χ3n) is 3.75. The van der Waals surface area contributed by atoms with Crippen molar-refractivity contribution in [1.29, 1.82) is 0 Å². The van der Waals surface area contributed by atoms with Crippen molar-refractivity contribution in [2.24, 2.45) is 5.92 Å². The van der Waals surface area contributed by atoms with Crippen LogP contribution < -0.4 is 0 Å². The van der Waals surface area contributed by atoms with Crippen LogP contribution in [0, 0.1) is 5.92 Å². The van der Waals surface area contributed by atoms with Crippen LogP contribution in [-0.2, 0) is 16.0 Å². The summed E-state index contributed by atoms with van der Waals surface area (Å²) in [7, 11) is 1.34. The number of hydrogen-bond acceptors (Lipinski definition) is 5. The summed E-state index contributed by atoms with van der Waals surface area (Å²) in [5.41, 5.74) is -0.147. The van der Waals surface area contributed by atoms with Gasteiger partial charge in [0.1, 0.15) is 5.60 Å². The Balaban J connectivity index is 1.82. The van der Waals surface area contributed by atoms with Gasteiger partial charge in [-0.15, -0.1) is 0 Å². The second-order valence-electron chi connectivity index (χ2n) is 6.83. The van der Waals surface area contributed by atoms with Crippen molar-refractivity contribution in [1.82, 2.24) is 14.7 Å². The van der Waals surface area contributed by atoms with Crippen LogP contribution >= 0.6 is 0 Å². The fourth-order valence-corrected chi connectivity index (χ4v) is 2.57. The molecular weight excluding hydrogens is 298 g/mol. The molecule has 0 aromatic carbocycles. The maximum atomic E-state index is 12.0. The van der Waals surface area contributed by atoms with Gasteiger partial charge in [-0.1, -0.05) is 0 Å². The lowest BCUT2D eigenvalue weighted by molar-refractivity contribution is 0.0176. The number of rotatable bonds is 3. The van der Waals surface area contributed by atoms with Crippen LogP contribution in [0.5, 0.6) is 0 Å². The number of amides is 1. The number of carbonyl (C=O) groups is 2. The van der Waals surface area contributed by atoms with E-state index in [4.69, 9.17) is 4.74 Å². The summed E-state index contributed by atoms with van der Waals surface area (Å²) >= 11 is 0. The van der Waals surface area contributed by atoms with Crippen LogP contribution in [0.2, 0.25) is 0 Å². The zero-order chi connectivity index (χ0) is 17.0. The summed E-state index contributed by atoms with van der Waals surface area (Å²) in [6.07, 6.45) is 3.33. The van der Waals surface area contributed by atoms with Crippen molar-refractivity contribution >= 4 is 12.1 Å². The fraction of sp³-hybridized carbons (Fsp3) is 0.688. The van der Waals surface area contributed by atoms with E-state index >= 15 is 0 Å². The van der Waals surface area contributed by atoms with Gasteiger partial charge in [0.25, 0.3) is 0 Å². The predicted molar refractivity (Wildman–Crippen MR) is 84.1 cm³/mol. The van der Waals surface area contributed by atoms with Gasteiger partial charge in [-0.05, 0) is 45.6 Å². The third kappa shape index (κ3) is 4.97. The Kier molecular flexibility index (Phi) is 5.28. The molecule has 1 amide bonds. The number of ether oxygens (including phenoxy) is 2. The molecule has 1 aromatic heterocycles. The van der Waals surface area contributed by atoms with Crippen molar-refractivity contribution in [2.45, 2.75) is 45.8 Å². The number of esters is 1. The van der Waals surface area contributed by atoms with Crippen molar-refractivity contribution < 1.29 is 19.1 Å². The number of carbonyl (C=O) groups excluding carboxylic acids is 2. The van der Waals surface area contributed by atoms with Crippen LogP contribution in [0.1, 0.15) is 44.1 Å². The average Bonchev–Trinajstić information content (AvgIpc) is 2.94. The summed E-state index contributed by atoms with van der Waals surface area (Å²) < 4.78 is 11.8. The molecule has 0 radical (unpaired) electrons. The predicted octanol–water partition coefficient (Wildman–Crippen LogP) is 2.32. The maximum Gasteiger partial charge on any atom is 0.410 e. The highest BCUT2D eigenvalue weighted by Gasteiger charge is 2.27. The molecule has 0 spiro atoms. The molecule has 2 heterocycles. The second kappa shape index (κ2) is 7.02. The third-order valence-corrected chi connectivity index (χ3v) is 3.75. The Morgan fingerprint density at radius 1 is 1.30 bits per heavy atom. The summed E-state index contributed by atoms with van der Waals surface area (Å²) in [5.74, 6) is 0.00239. The second-order valence-corrected chi connectivity index (χ2v) is 6.83. The monoisotopic (exact) mass is 323 g/mol. The van der Waals surface area contributed by atoms with Crippen LogP contribution in [0.4, 0.5) is 4.79 Å². The molecule has 1 saturated heterocycles. The molecule has 1 aromatic rings. The van der Waals surface area contributed by atoms with Crippen LogP contribution in [0.15, 0.2) is 12.3 Å². The van der Waals surface area contributed by atoms with Crippen LogP contribution in [0.25, 0.3) is 0 Å². The molecular formula is C16H25N3O4. The molecule has 128 valence electrons. The fourth-order valence-electron chi connectivity index (χ4n) is 2.57. The summed E-state index contributed by atoms with van der Waals surface area (Å²) in [5, 5.41) is 4.21. The van der Waals surface area contributed by atoms with Gasteiger partial charge in [0.05, 0.1) is 7.11 Å². The molecule has 2 rings (SSSR count). The molecule has 0 aliphatic carbocycles. The molecule has 0 bridgehead atoms. The van der Waals surface area contributed by atoms with E-state index in [1.807, 2.05) is 20.8 Å². The number of piperidine rings is 1. The minimum Gasteiger partial charge on any atom is -0.464 e. The minimum atomic E-state index is -0.465. The first-order chi connectivity index (χ1) is 10.8. The topological polar surface area (TPSA) is 73.7 Å². The van der Waals surface area contributed by atoms with Gasteiger partial charge >= 0.3 is 12.1 Å². The summed E-state index contributed by atoms with van der Waals surface area (Å²) in [6, 6.07) is 1.65. The Morgan fingerprint density at radius 3 is 2.52 bits per heavy atom. The zero-order valence-corrected chi connectivity index (χ0v) is 14.2. The van der Waals surface area contributed by atoms with Crippen LogP contribution in [-0.4, -0.2) is 52.5 Å². The molecule has 0 N–H and O–H groups in total. The van der Waals surface area contributed by atoms with Gasteiger partial charge in [-0.2, -0.15) is 5.10 Å². The lowest BCUT2D eigenvalue weighted by Crippen LogP contribution is -2.42. The first-order valence-corrected chi connectivity index (χ1v) is 7.88. The lowest BCUT2D eigenvalue weighted by atomic mass is 9.97.